The Hall–Kier alpha value is -3.66. The van der Waals surface area contributed by atoms with E-state index < -0.39 is 0 Å². The van der Waals surface area contributed by atoms with Gasteiger partial charge in [0.1, 0.15) is 5.82 Å². The number of carbonyl (C=O) groups is 1. The summed E-state index contributed by atoms with van der Waals surface area (Å²) < 4.78 is 2.08. The van der Waals surface area contributed by atoms with Crippen LogP contribution in [0.25, 0.3) is 16.9 Å². The van der Waals surface area contributed by atoms with Crippen molar-refractivity contribution in [2.45, 2.75) is 19.8 Å². The van der Waals surface area contributed by atoms with Crippen LogP contribution < -0.4 is 5.32 Å². The Morgan fingerprint density at radius 1 is 0.897 bits per heavy atom. The van der Waals surface area contributed by atoms with Gasteiger partial charge in [-0.3, -0.25) is 4.79 Å². The normalized spacial score (nSPS) is 10.7. The van der Waals surface area contributed by atoms with Crippen LogP contribution in [0.1, 0.15) is 17.8 Å². The van der Waals surface area contributed by atoms with Crippen LogP contribution in [0.2, 0.25) is 0 Å². The first kappa shape index (κ1) is 18.7. The van der Waals surface area contributed by atoms with Gasteiger partial charge in [-0.15, -0.1) is 0 Å². The van der Waals surface area contributed by atoms with Gasteiger partial charge in [0.15, 0.2) is 0 Å². The summed E-state index contributed by atoms with van der Waals surface area (Å²) in [7, 11) is 0. The molecule has 4 heteroatoms. The van der Waals surface area contributed by atoms with Crippen molar-refractivity contribution >= 4 is 11.6 Å². The van der Waals surface area contributed by atoms with Crippen LogP contribution in [0.15, 0.2) is 91.1 Å². The van der Waals surface area contributed by atoms with E-state index in [9.17, 15) is 4.79 Å². The van der Waals surface area contributed by atoms with Gasteiger partial charge in [0.2, 0.25) is 5.91 Å². The number of aromatic nitrogens is 2. The lowest BCUT2D eigenvalue weighted by atomic mass is 10.2. The molecular formula is C25H23N3O. The maximum atomic E-state index is 12.4. The third kappa shape index (κ3) is 4.61. The number of nitrogens with zero attached hydrogens (tertiary/aromatic N) is 2. The monoisotopic (exact) mass is 381 g/mol. The molecule has 4 aromatic rings. The number of benzene rings is 3. The molecule has 0 radical (unpaired) electrons. The molecule has 29 heavy (non-hydrogen) atoms. The van der Waals surface area contributed by atoms with Gasteiger partial charge in [-0.2, -0.15) is 0 Å². The number of rotatable bonds is 6. The number of aryl methyl sites for hydroxylation is 2. The molecule has 0 spiro atoms. The molecule has 0 bridgehead atoms. The fraction of sp³-hybridized carbons (Fsp3) is 0.120. The second-order valence-corrected chi connectivity index (χ2v) is 7.03. The highest BCUT2D eigenvalue weighted by Gasteiger charge is 2.13. The molecular weight excluding hydrogens is 358 g/mol. The van der Waals surface area contributed by atoms with E-state index in [1.165, 1.54) is 5.56 Å². The molecule has 0 aliphatic rings. The lowest BCUT2D eigenvalue weighted by Crippen LogP contribution is -2.13. The zero-order chi connectivity index (χ0) is 20.1. The quantitative estimate of drug-likeness (QED) is 0.485. The first-order valence-electron chi connectivity index (χ1n) is 9.75. The van der Waals surface area contributed by atoms with E-state index in [0.717, 1.165) is 28.5 Å². The van der Waals surface area contributed by atoms with Gasteiger partial charge in [-0.1, -0.05) is 66.2 Å². The Bertz CT molecular complexity index is 1080. The summed E-state index contributed by atoms with van der Waals surface area (Å²) in [6.45, 7) is 2.07. The maximum absolute atomic E-state index is 12.4. The summed E-state index contributed by atoms with van der Waals surface area (Å²) in [5, 5.41) is 2.94. The number of imidazole rings is 1. The Morgan fingerprint density at radius 3 is 2.24 bits per heavy atom. The lowest BCUT2D eigenvalue weighted by molar-refractivity contribution is -0.116. The van der Waals surface area contributed by atoms with E-state index in [4.69, 9.17) is 4.98 Å². The molecule has 1 amide bonds. The van der Waals surface area contributed by atoms with Crippen molar-refractivity contribution in [3.8, 4) is 16.9 Å². The molecule has 0 aliphatic carbocycles. The summed E-state index contributed by atoms with van der Waals surface area (Å²) >= 11 is 0. The lowest BCUT2D eigenvalue weighted by Gasteiger charge is -2.08. The smallest absolute Gasteiger partial charge is 0.224 e. The third-order valence-corrected chi connectivity index (χ3v) is 4.79. The van der Waals surface area contributed by atoms with Crippen molar-refractivity contribution in [3.63, 3.8) is 0 Å². The molecule has 0 unspecified atom stereocenters. The highest BCUT2D eigenvalue weighted by molar-refractivity contribution is 5.90. The average molecular weight is 381 g/mol. The van der Waals surface area contributed by atoms with E-state index in [-0.39, 0.29) is 5.91 Å². The molecule has 3 aromatic carbocycles. The predicted molar refractivity (Wildman–Crippen MR) is 117 cm³/mol. The number of hydrogen-bond acceptors (Lipinski definition) is 2. The van der Waals surface area contributed by atoms with Crippen LogP contribution in [-0.4, -0.2) is 15.5 Å². The van der Waals surface area contributed by atoms with Gasteiger partial charge in [-0.25, -0.2) is 4.98 Å². The van der Waals surface area contributed by atoms with Crippen molar-refractivity contribution in [1.29, 1.82) is 0 Å². The first-order valence-corrected chi connectivity index (χ1v) is 9.75. The summed E-state index contributed by atoms with van der Waals surface area (Å²) in [5.41, 5.74) is 5.03. The fourth-order valence-corrected chi connectivity index (χ4v) is 3.24. The Balaban J connectivity index is 1.58. The summed E-state index contributed by atoms with van der Waals surface area (Å²) in [4.78, 5) is 17.2. The summed E-state index contributed by atoms with van der Waals surface area (Å²) in [6, 6.07) is 28.0. The van der Waals surface area contributed by atoms with Crippen LogP contribution in [0.5, 0.6) is 0 Å². The topological polar surface area (TPSA) is 46.9 Å². The van der Waals surface area contributed by atoms with Gasteiger partial charge in [-0.05, 0) is 31.2 Å². The van der Waals surface area contributed by atoms with Crippen molar-refractivity contribution in [2.75, 3.05) is 5.32 Å². The summed E-state index contributed by atoms with van der Waals surface area (Å²) in [5.74, 6) is 0.854. The van der Waals surface area contributed by atoms with Crippen molar-refractivity contribution in [2.24, 2.45) is 0 Å². The van der Waals surface area contributed by atoms with Crippen LogP contribution in [-0.2, 0) is 11.2 Å². The van der Waals surface area contributed by atoms with Gasteiger partial charge in [0.05, 0.1) is 5.69 Å². The molecule has 4 rings (SSSR count). The molecule has 0 saturated carbocycles. The maximum Gasteiger partial charge on any atom is 0.224 e. The molecule has 4 nitrogen and oxygen atoms in total. The van der Waals surface area contributed by atoms with Gasteiger partial charge in [0, 0.05) is 36.0 Å². The van der Waals surface area contributed by atoms with Crippen molar-refractivity contribution in [3.05, 3.63) is 103 Å². The van der Waals surface area contributed by atoms with Crippen LogP contribution >= 0.6 is 0 Å². The largest absolute Gasteiger partial charge is 0.326 e. The van der Waals surface area contributed by atoms with E-state index in [2.05, 4.69) is 41.1 Å². The minimum Gasteiger partial charge on any atom is -0.326 e. The minimum absolute atomic E-state index is 0.0177. The predicted octanol–water partition coefficient (Wildman–Crippen LogP) is 5.42. The summed E-state index contributed by atoms with van der Waals surface area (Å²) in [6.07, 6.45) is 2.97. The van der Waals surface area contributed by atoms with Crippen molar-refractivity contribution < 1.29 is 4.79 Å². The van der Waals surface area contributed by atoms with Gasteiger partial charge in [0.25, 0.3) is 0 Å². The molecule has 1 N–H and O–H groups in total. The Labute approximate surface area is 170 Å². The van der Waals surface area contributed by atoms with Crippen LogP contribution in [0, 0.1) is 6.92 Å². The number of hydrogen-bond donors (Lipinski definition) is 1. The number of carbonyl (C=O) groups excluding carboxylic acids is 1. The van der Waals surface area contributed by atoms with E-state index in [1.54, 1.807) is 0 Å². The zero-order valence-electron chi connectivity index (χ0n) is 16.4. The van der Waals surface area contributed by atoms with E-state index >= 15 is 0 Å². The molecule has 1 heterocycles. The highest BCUT2D eigenvalue weighted by Crippen LogP contribution is 2.22. The van der Waals surface area contributed by atoms with Gasteiger partial charge < -0.3 is 9.88 Å². The third-order valence-electron chi connectivity index (χ3n) is 4.79. The fourth-order valence-electron chi connectivity index (χ4n) is 3.24. The molecule has 1 aromatic heterocycles. The molecule has 0 atom stereocenters. The highest BCUT2D eigenvalue weighted by atomic mass is 16.1. The second kappa shape index (κ2) is 8.57. The zero-order valence-corrected chi connectivity index (χ0v) is 16.4. The minimum atomic E-state index is -0.0177. The standard InChI is InChI=1S/C25H23N3O/c1-19-12-14-22(15-13-19)28-18-23(20-8-4-2-5-9-20)27-24(28)16-17-25(29)26-21-10-6-3-7-11-21/h2-15,18H,16-17H2,1H3,(H,26,29). The number of nitrogens with one attached hydrogen (secondary N) is 1. The SMILES string of the molecule is Cc1ccc(-n2cc(-c3ccccc3)nc2CCC(=O)Nc2ccccc2)cc1. The molecule has 0 saturated heterocycles. The van der Waals surface area contributed by atoms with E-state index in [0.29, 0.717) is 12.8 Å². The molecule has 0 fully saturated rings. The average Bonchev–Trinajstić information content (AvgIpc) is 3.18. The molecule has 144 valence electrons. The number of amides is 1. The van der Waals surface area contributed by atoms with Crippen LogP contribution in [0.3, 0.4) is 0 Å². The number of anilines is 1. The van der Waals surface area contributed by atoms with Crippen molar-refractivity contribution in [1.82, 2.24) is 9.55 Å². The van der Waals surface area contributed by atoms with Gasteiger partial charge >= 0.3 is 0 Å². The second-order valence-electron chi connectivity index (χ2n) is 7.03. The first-order chi connectivity index (χ1) is 14.2. The van der Waals surface area contributed by atoms with Crippen LogP contribution in [0.4, 0.5) is 5.69 Å². The number of para-hydroxylation sites is 1. The Kier molecular flexibility index (Phi) is 5.52. The Morgan fingerprint density at radius 2 is 1.55 bits per heavy atom. The van der Waals surface area contributed by atoms with E-state index in [1.807, 2.05) is 66.9 Å². The molecule has 0 aliphatic heterocycles.